The minimum Gasteiger partial charge on any atom is -0.504 e. The highest BCUT2D eigenvalue weighted by molar-refractivity contribution is 5.91. The number of aromatic amines is 1. The molecule has 0 amide bonds. The van der Waals surface area contributed by atoms with Crippen LogP contribution in [0.4, 0.5) is 0 Å². The molecule has 0 spiro atoms. The zero-order chi connectivity index (χ0) is 20.5. The topological polar surface area (TPSA) is 63.8 Å². The smallest absolute Gasteiger partial charge is 0.337 e. The maximum Gasteiger partial charge on any atom is 0.337 e. The van der Waals surface area contributed by atoms with E-state index in [1.807, 2.05) is 12.1 Å². The Bertz CT molecular complexity index is 932. The van der Waals surface area contributed by atoms with Gasteiger partial charge in [-0.3, -0.25) is 4.90 Å². The molecule has 1 fully saturated rings. The lowest BCUT2D eigenvalue weighted by Gasteiger charge is -2.46. The highest BCUT2D eigenvalue weighted by Gasteiger charge is 2.42. The van der Waals surface area contributed by atoms with Gasteiger partial charge in [-0.15, -0.1) is 0 Å². The number of carbonyl (C=O) groups is 1. The lowest BCUT2D eigenvalue weighted by molar-refractivity contribution is -0.137. The van der Waals surface area contributed by atoms with Crippen molar-refractivity contribution in [3.05, 3.63) is 41.3 Å². The maximum absolute atomic E-state index is 12.5. The summed E-state index contributed by atoms with van der Waals surface area (Å²) in [6, 6.07) is 6.40. The van der Waals surface area contributed by atoms with E-state index in [0.717, 1.165) is 43.6 Å². The van der Waals surface area contributed by atoms with E-state index in [1.165, 1.54) is 23.8 Å². The number of nitrogens with zero attached hydrogens (tertiary/aromatic N) is 1. The second-order valence-electron chi connectivity index (χ2n) is 7.97. The molecule has 29 heavy (non-hydrogen) atoms. The second-order valence-corrected chi connectivity index (χ2v) is 7.97. The number of aromatic nitrogens is 1. The largest absolute Gasteiger partial charge is 0.504 e. The van der Waals surface area contributed by atoms with E-state index in [0.29, 0.717) is 11.5 Å². The number of rotatable bonds is 5. The van der Waals surface area contributed by atoms with E-state index in [9.17, 15) is 4.79 Å². The van der Waals surface area contributed by atoms with Crippen LogP contribution in [0.2, 0.25) is 0 Å². The lowest BCUT2D eigenvalue weighted by atomic mass is 9.74. The SMILES string of the molecule is CC[C@@H]1CN2CCc3c([nH]c4cccc(OC)c34)[C@H]2C[C@@H]1/C(=C/OC)C(=O)OC. The van der Waals surface area contributed by atoms with Crippen molar-refractivity contribution in [3.63, 3.8) is 0 Å². The van der Waals surface area contributed by atoms with E-state index in [1.54, 1.807) is 20.5 Å². The Morgan fingerprint density at radius 1 is 1.31 bits per heavy atom. The molecule has 1 saturated heterocycles. The van der Waals surface area contributed by atoms with Gasteiger partial charge in [0, 0.05) is 29.7 Å². The minimum absolute atomic E-state index is 0.105. The van der Waals surface area contributed by atoms with Crippen LogP contribution >= 0.6 is 0 Å². The molecule has 0 aliphatic carbocycles. The van der Waals surface area contributed by atoms with Crippen molar-refractivity contribution in [3.8, 4) is 5.75 Å². The molecule has 3 heterocycles. The molecule has 0 bridgehead atoms. The summed E-state index contributed by atoms with van der Waals surface area (Å²) in [5.41, 5.74) is 4.37. The molecule has 2 aromatic rings. The molecule has 0 saturated carbocycles. The summed E-state index contributed by atoms with van der Waals surface area (Å²) >= 11 is 0. The number of fused-ring (bicyclic) bond motifs is 5. The average Bonchev–Trinajstić information content (AvgIpc) is 3.15. The quantitative estimate of drug-likeness (QED) is 0.471. The fourth-order valence-electron chi connectivity index (χ4n) is 5.28. The third kappa shape index (κ3) is 3.29. The molecule has 1 aromatic carbocycles. The number of benzene rings is 1. The normalized spacial score (nSPS) is 24.7. The van der Waals surface area contributed by atoms with Gasteiger partial charge < -0.3 is 19.2 Å². The van der Waals surface area contributed by atoms with Gasteiger partial charge in [0.25, 0.3) is 0 Å². The number of hydrogen-bond acceptors (Lipinski definition) is 5. The Kier molecular flexibility index (Phi) is 5.54. The van der Waals surface area contributed by atoms with Crippen molar-refractivity contribution in [1.29, 1.82) is 0 Å². The Morgan fingerprint density at radius 3 is 2.83 bits per heavy atom. The predicted octanol–water partition coefficient (Wildman–Crippen LogP) is 3.83. The van der Waals surface area contributed by atoms with Crippen LogP contribution in [0.5, 0.6) is 5.75 Å². The average molecular weight is 399 g/mol. The molecule has 1 aromatic heterocycles. The van der Waals surface area contributed by atoms with Crippen molar-refractivity contribution in [2.24, 2.45) is 11.8 Å². The summed E-state index contributed by atoms with van der Waals surface area (Å²) in [5.74, 6) is 1.12. The first-order valence-electron chi connectivity index (χ1n) is 10.4. The molecule has 6 heteroatoms. The van der Waals surface area contributed by atoms with Crippen molar-refractivity contribution in [2.45, 2.75) is 32.2 Å². The Morgan fingerprint density at radius 2 is 2.14 bits per heavy atom. The molecule has 2 aliphatic rings. The highest BCUT2D eigenvalue weighted by Crippen LogP contribution is 2.47. The van der Waals surface area contributed by atoms with Crippen molar-refractivity contribution in [2.75, 3.05) is 34.4 Å². The third-order valence-electron chi connectivity index (χ3n) is 6.67. The number of hydrogen-bond donors (Lipinski definition) is 1. The van der Waals surface area contributed by atoms with Crippen molar-refractivity contribution in [1.82, 2.24) is 9.88 Å². The molecule has 156 valence electrons. The molecular weight excluding hydrogens is 368 g/mol. The first-order valence-corrected chi connectivity index (χ1v) is 10.4. The summed E-state index contributed by atoms with van der Waals surface area (Å²) in [5, 5.41) is 1.19. The molecule has 2 aliphatic heterocycles. The van der Waals surface area contributed by atoms with E-state index >= 15 is 0 Å². The third-order valence-corrected chi connectivity index (χ3v) is 6.67. The lowest BCUT2D eigenvalue weighted by Crippen LogP contribution is -2.47. The number of nitrogens with one attached hydrogen (secondary N) is 1. The van der Waals surface area contributed by atoms with E-state index in [2.05, 4.69) is 22.9 Å². The Labute approximate surface area is 171 Å². The van der Waals surface area contributed by atoms with E-state index in [-0.39, 0.29) is 17.9 Å². The van der Waals surface area contributed by atoms with Gasteiger partial charge in [-0.25, -0.2) is 4.79 Å². The van der Waals surface area contributed by atoms with Gasteiger partial charge in [-0.05, 0) is 42.4 Å². The van der Waals surface area contributed by atoms with Gasteiger partial charge in [0.05, 0.1) is 39.2 Å². The van der Waals surface area contributed by atoms with Crippen LogP contribution in [0.3, 0.4) is 0 Å². The molecule has 4 rings (SSSR count). The fourth-order valence-corrected chi connectivity index (χ4v) is 5.28. The van der Waals surface area contributed by atoms with Crippen LogP contribution in [0.25, 0.3) is 10.9 Å². The number of H-pyrrole nitrogens is 1. The van der Waals surface area contributed by atoms with Gasteiger partial charge >= 0.3 is 5.97 Å². The van der Waals surface area contributed by atoms with E-state index in [4.69, 9.17) is 14.2 Å². The Hall–Kier alpha value is -2.47. The fraction of sp³-hybridized carbons (Fsp3) is 0.522. The Balaban J connectivity index is 1.76. The van der Waals surface area contributed by atoms with Gasteiger partial charge in [0.1, 0.15) is 5.75 Å². The maximum atomic E-state index is 12.5. The molecule has 0 unspecified atom stereocenters. The summed E-state index contributed by atoms with van der Waals surface area (Å²) in [7, 11) is 4.75. The zero-order valence-electron chi connectivity index (χ0n) is 17.7. The highest BCUT2D eigenvalue weighted by atomic mass is 16.5. The minimum atomic E-state index is -0.293. The molecule has 1 N–H and O–H groups in total. The van der Waals surface area contributed by atoms with Crippen LogP contribution < -0.4 is 4.74 Å². The van der Waals surface area contributed by atoms with Crippen LogP contribution in [-0.2, 0) is 20.7 Å². The van der Waals surface area contributed by atoms with Gasteiger partial charge in [0.15, 0.2) is 0 Å². The number of methoxy groups -OCH3 is 3. The number of esters is 1. The van der Waals surface area contributed by atoms with Crippen LogP contribution in [0, 0.1) is 11.8 Å². The first-order chi connectivity index (χ1) is 14.1. The van der Waals surface area contributed by atoms with Crippen molar-refractivity contribution >= 4 is 16.9 Å². The standard InChI is InChI=1S/C23H30N2O4/c1-5-14-12-25-10-9-15-21-18(7-6-8-20(21)28-3)24-22(15)19(25)11-16(14)17(13-27-2)23(26)29-4/h6-8,13-14,16,19,24H,5,9-12H2,1-4H3/b17-13-/t14-,16+,19-/m1/s1. The summed E-state index contributed by atoms with van der Waals surface area (Å²) in [4.78, 5) is 18.7. The summed E-state index contributed by atoms with van der Waals surface area (Å²) in [6.07, 6.45) is 4.46. The molecule has 3 atom stereocenters. The predicted molar refractivity (Wildman–Crippen MR) is 112 cm³/mol. The number of piperidine rings is 1. The number of carbonyl (C=O) groups excluding carboxylic acids is 1. The molecular formula is C23H30N2O4. The molecule has 6 nitrogen and oxygen atoms in total. The van der Waals surface area contributed by atoms with Gasteiger partial charge in [-0.2, -0.15) is 0 Å². The first kappa shape index (κ1) is 19.8. The van der Waals surface area contributed by atoms with Crippen molar-refractivity contribution < 1.29 is 19.0 Å². The monoisotopic (exact) mass is 398 g/mol. The molecule has 0 radical (unpaired) electrons. The van der Waals surface area contributed by atoms with Crippen LogP contribution in [-0.4, -0.2) is 50.3 Å². The summed E-state index contributed by atoms with van der Waals surface area (Å²) in [6.45, 7) is 4.19. The van der Waals surface area contributed by atoms with Gasteiger partial charge in [0.2, 0.25) is 0 Å². The van der Waals surface area contributed by atoms with Gasteiger partial charge in [-0.1, -0.05) is 19.4 Å². The van der Waals surface area contributed by atoms with E-state index < -0.39 is 0 Å². The van der Waals surface area contributed by atoms with Crippen LogP contribution in [0.15, 0.2) is 30.0 Å². The zero-order valence-corrected chi connectivity index (χ0v) is 17.7. The number of ether oxygens (including phenoxy) is 3. The summed E-state index contributed by atoms with van der Waals surface area (Å²) < 4.78 is 16.0. The second kappa shape index (κ2) is 8.11. The van der Waals surface area contributed by atoms with Crippen LogP contribution in [0.1, 0.15) is 37.1 Å².